The lowest BCUT2D eigenvalue weighted by molar-refractivity contribution is -0.122. The molecule has 2 N–H and O–H groups in total. The summed E-state index contributed by atoms with van der Waals surface area (Å²) < 4.78 is 0. The molecule has 1 atom stereocenters. The summed E-state index contributed by atoms with van der Waals surface area (Å²) in [4.78, 5) is 11.9. The van der Waals surface area contributed by atoms with Gasteiger partial charge in [-0.05, 0) is 51.8 Å². The predicted octanol–water partition coefficient (Wildman–Crippen LogP) is 2.96. The standard InChI is InChI=1S/C15H24N2O/c1-6-12-7-9-13(10-8-12)16-11(2)14(18)17-15(3,4)5/h7-11,16H,6H2,1-5H3,(H,17,18)/t11-/m1/s1. The van der Waals surface area contributed by atoms with Crippen LogP contribution in [0.3, 0.4) is 0 Å². The number of anilines is 1. The maximum atomic E-state index is 11.9. The van der Waals surface area contributed by atoms with Crippen LogP contribution in [0.15, 0.2) is 24.3 Å². The molecule has 100 valence electrons. The largest absolute Gasteiger partial charge is 0.374 e. The SMILES string of the molecule is CCc1ccc(N[C@H](C)C(=O)NC(C)(C)C)cc1. The number of nitrogens with one attached hydrogen (secondary N) is 2. The van der Waals surface area contributed by atoms with Gasteiger partial charge in [-0.1, -0.05) is 19.1 Å². The van der Waals surface area contributed by atoms with Gasteiger partial charge in [0.15, 0.2) is 0 Å². The molecule has 0 bridgehead atoms. The Balaban J connectivity index is 2.58. The molecule has 0 aliphatic heterocycles. The number of benzene rings is 1. The van der Waals surface area contributed by atoms with Crippen LogP contribution in [0.2, 0.25) is 0 Å². The monoisotopic (exact) mass is 248 g/mol. The second-order valence-corrected chi connectivity index (χ2v) is 5.66. The van der Waals surface area contributed by atoms with Gasteiger partial charge in [-0.25, -0.2) is 0 Å². The second-order valence-electron chi connectivity index (χ2n) is 5.66. The molecule has 1 aromatic carbocycles. The number of hydrogen-bond donors (Lipinski definition) is 2. The summed E-state index contributed by atoms with van der Waals surface area (Å²) in [5, 5.41) is 6.16. The first kappa shape index (κ1) is 14.6. The van der Waals surface area contributed by atoms with E-state index < -0.39 is 0 Å². The number of amides is 1. The topological polar surface area (TPSA) is 41.1 Å². The summed E-state index contributed by atoms with van der Waals surface area (Å²) in [6, 6.07) is 7.95. The van der Waals surface area contributed by atoms with Crippen LogP contribution in [0.5, 0.6) is 0 Å². The summed E-state index contributed by atoms with van der Waals surface area (Å²) in [6.45, 7) is 9.94. The van der Waals surface area contributed by atoms with Crippen molar-refractivity contribution in [3.05, 3.63) is 29.8 Å². The van der Waals surface area contributed by atoms with Crippen LogP contribution in [-0.4, -0.2) is 17.5 Å². The van der Waals surface area contributed by atoms with E-state index in [-0.39, 0.29) is 17.5 Å². The maximum absolute atomic E-state index is 11.9. The van der Waals surface area contributed by atoms with Crippen LogP contribution >= 0.6 is 0 Å². The fraction of sp³-hybridized carbons (Fsp3) is 0.533. The molecular weight excluding hydrogens is 224 g/mol. The van der Waals surface area contributed by atoms with E-state index in [0.29, 0.717) is 0 Å². The van der Waals surface area contributed by atoms with Gasteiger partial charge >= 0.3 is 0 Å². The first-order chi connectivity index (χ1) is 8.31. The molecule has 1 rings (SSSR count). The van der Waals surface area contributed by atoms with E-state index in [0.717, 1.165) is 12.1 Å². The van der Waals surface area contributed by atoms with E-state index in [4.69, 9.17) is 0 Å². The Kier molecular flexibility index (Phi) is 4.76. The van der Waals surface area contributed by atoms with Gasteiger partial charge in [-0.2, -0.15) is 0 Å². The summed E-state index contributed by atoms with van der Waals surface area (Å²) in [7, 11) is 0. The fourth-order valence-corrected chi connectivity index (χ4v) is 1.63. The van der Waals surface area contributed by atoms with E-state index in [2.05, 4.69) is 29.7 Å². The molecule has 1 aromatic rings. The zero-order chi connectivity index (χ0) is 13.8. The highest BCUT2D eigenvalue weighted by atomic mass is 16.2. The minimum absolute atomic E-state index is 0.0158. The number of aryl methyl sites for hydroxylation is 1. The van der Waals surface area contributed by atoms with E-state index in [9.17, 15) is 4.79 Å². The average molecular weight is 248 g/mol. The lowest BCUT2D eigenvalue weighted by Crippen LogP contribution is -2.47. The second kappa shape index (κ2) is 5.89. The van der Waals surface area contributed by atoms with Crippen molar-refractivity contribution >= 4 is 11.6 Å². The molecular formula is C15H24N2O. The minimum atomic E-state index is -0.239. The van der Waals surface area contributed by atoms with Gasteiger partial charge in [-0.15, -0.1) is 0 Å². The van der Waals surface area contributed by atoms with Crippen LogP contribution in [0.1, 0.15) is 40.2 Å². The van der Waals surface area contributed by atoms with Crippen LogP contribution in [0.25, 0.3) is 0 Å². The molecule has 0 aromatic heterocycles. The summed E-state index contributed by atoms with van der Waals surface area (Å²) in [6.07, 6.45) is 1.03. The summed E-state index contributed by atoms with van der Waals surface area (Å²) >= 11 is 0. The Morgan fingerprint density at radius 1 is 1.22 bits per heavy atom. The first-order valence-corrected chi connectivity index (χ1v) is 6.49. The highest BCUT2D eigenvalue weighted by molar-refractivity contribution is 5.84. The number of hydrogen-bond acceptors (Lipinski definition) is 2. The van der Waals surface area contributed by atoms with Gasteiger partial charge in [0.05, 0.1) is 0 Å². The Hall–Kier alpha value is -1.51. The molecule has 0 aliphatic rings. The van der Waals surface area contributed by atoms with Crippen LogP contribution in [0.4, 0.5) is 5.69 Å². The first-order valence-electron chi connectivity index (χ1n) is 6.49. The van der Waals surface area contributed by atoms with Crippen LogP contribution in [-0.2, 0) is 11.2 Å². The summed E-state index contributed by atoms with van der Waals surface area (Å²) in [5.74, 6) is 0.0158. The molecule has 18 heavy (non-hydrogen) atoms. The third-order valence-electron chi connectivity index (χ3n) is 2.64. The Morgan fingerprint density at radius 2 is 1.78 bits per heavy atom. The molecule has 3 nitrogen and oxygen atoms in total. The van der Waals surface area contributed by atoms with Gasteiger partial charge < -0.3 is 10.6 Å². The molecule has 0 saturated heterocycles. The smallest absolute Gasteiger partial charge is 0.242 e. The maximum Gasteiger partial charge on any atom is 0.242 e. The predicted molar refractivity (Wildman–Crippen MR) is 76.8 cm³/mol. The number of carbonyl (C=O) groups excluding carboxylic acids is 1. The minimum Gasteiger partial charge on any atom is -0.374 e. The van der Waals surface area contributed by atoms with Crippen molar-refractivity contribution in [2.45, 2.75) is 52.6 Å². The number of rotatable bonds is 4. The van der Waals surface area contributed by atoms with Crippen molar-refractivity contribution < 1.29 is 4.79 Å². The van der Waals surface area contributed by atoms with Gasteiger partial charge in [0.2, 0.25) is 5.91 Å². The van der Waals surface area contributed by atoms with Crippen molar-refractivity contribution in [1.82, 2.24) is 5.32 Å². The fourth-order valence-electron chi connectivity index (χ4n) is 1.63. The Labute approximate surface area is 110 Å². The zero-order valence-electron chi connectivity index (χ0n) is 12.0. The Morgan fingerprint density at radius 3 is 2.22 bits per heavy atom. The molecule has 0 heterocycles. The van der Waals surface area contributed by atoms with E-state index >= 15 is 0 Å². The molecule has 0 radical (unpaired) electrons. The third kappa shape index (κ3) is 4.78. The number of carbonyl (C=O) groups is 1. The van der Waals surface area contributed by atoms with Crippen molar-refractivity contribution in [1.29, 1.82) is 0 Å². The molecule has 0 unspecified atom stereocenters. The quantitative estimate of drug-likeness (QED) is 0.860. The van der Waals surface area contributed by atoms with Gasteiger partial charge in [0, 0.05) is 11.2 Å². The van der Waals surface area contributed by atoms with Gasteiger partial charge in [0.1, 0.15) is 6.04 Å². The van der Waals surface area contributed by atoms with Gasteiger partial charge in [0.25, 0.3) is 0 Å². The van der Waals surface area contributed by atoms with Crippen LogP contribution in [0, 0.1) is 0 Å². The zero-order valence-corrected chi connectivity index (χ0v) is 12.0. The van der Waals surface area contributed by atoms with Crippen molar-refractivity contribution in [3.63, 3.8) is 0 Å². The molecule has 0 aliphatic carbocycles. The molecule has 3 heteroatoms. The Bertz CT molecular complexity index is 390. The molecule has 0 fully saturated rings. The van der Waals surface area contributed by atoms with Crippen LogP contribution < -0.4 is 10.6 Å². The van der Waals surface area contributed by atoms with E-state index in [1.54, 1.807) is 0 Å². The average Bonchev–Trinajstić information content (AvgIpc) is 2.27. The lowest BCUT2D eigenvalue weighted by Gasteiger charge is -2.24. The summed E-state index contributed by atoms with van der Waals surface area (Å²) in [5.41, 5.74) is 2.08. The molecule has 0 spiro atoms. The van der Waals surface area contributed by atoms with E-state index in [1.165, 1.54) is 5.56 Å². The molecule has 0 saturated carbocycles. The van der Waals surface area contributed by atoms with Crippen molar-refractivity contribution in [3.8, 4) is 0 Å². The molecule has 1 amide bonds. The lowest BCUT2D eigenvalue weighted by atomic mass is 10.1. The van der Waals surface area contributed by atoms with E-state index in [1.807, 2.05) is 39.8 Å². The normalized spacial score (nSPS) is 12.9. The van der Waals surface area contributed by atoms with Crippen molar-refractivity contribution in [2.75, 3.05) is 5.32 Å². The van der Waals surface area contributed by atoms with Crippen molar-refractivity contribution in [2.24, 2.45) is 0 Å². The third-order valence-corrected chi connectivity index (χ3v) is 2.64. The van der Waals surface area contributed by atoms with Gasteiger partial charge in [-0.3, -0.25) is 4.79 Å². The highest BCUT2D eigenvalue weighted by Crippen LogP contribution is 2.11. The highest BCUT2D eigenvalue weighted by Gasteiger charge is 2.18.